The first-order chi connectivity index (χ1) is 5.30. The van der Waals surface area contributed by atoms with Gasteiger partial charge in [0.25, 0.3) is 0 Å². The fourth-order valence-corrected chi connectivity index (χ4v) is 3.01. The van der Waals surface area contributed by atoms with E-state index in [1.165, 1.54) is 12.8 Å². The van der Waals surface area contributed by atoms with Crippen molar-refractivity contribution in [3.8, 4) is 0 Å². The number of nitrogens with one attached hydrogen (secondary N) is 1. The molecule has 0 saturated carbocycles. The molecule has 2 nitrogen and oxygen atoms in total. The standard InChI is InChI=1S/C9H14NO/c1-9-3-2-8(11-9)6-4-10-5-7(6)9/h5-8,10H,2-4H2,1H3. The van der Waals surface area contributed by atoms with E-state index in [9.17, 15) is 0 Å². The minimum absolute atomic E-state index is 0.193. The van der Waals surface area contributed by atoms with Crippen LogP contribution in [0, 0.1) is 18.4 Å². The van der Waals surface area contributed by atoms with E-state index in [4.69, 9.17) is 4.74 Å². The molecular weight excluding hydrogens is 138 g/mol. The van der Waals surface area contributed by atoms with Crippen molar-refractivity contribution in [2.24, 2.45) is 11.8 Å². The van der Waals surface area contributed by atoms with E-state index in [-0.39, 0.29) is 5.60 Å². The van der Waals surface area contributed by atoms with Gasteiger partial charge in [0.2, 0.25) is 0 Å². The molecule has 3 fully saturated rings. The first kappa shape index (κ1) is 6.44. The molecule has 0 aromatic heterocycles. The Morgan fingerprint density at radius 3 is 3.36 bits per heavy atom. The van der Waals surface area contributed by atoms with Crippen LogP contribution in [-0.2, 0) is 4.74 Å². The Labute approximate surface area is 67.3 Å². The van der Waals surface area contributed by atoms with Crippen LogP contribution in [0.25, 0.3) is 0 Å². The molecule has 0 aromatic carbocycles. The molecule has 11 heavy (non-hydrogen) atoms. The maximum absolute atomic E-state index is 5.96. The van der Waals surface area contributed by atoms with Gasteiger partial charge >= 0.3 is 0 Å². The van der Waals surface area contributed by atoms with Crippen LogP contribution in [0.2, 0.25) is 0 Å². The van der Waals surface area contributed by atoms with Gasteiger partial charge < -0.3 is 10.1 Å². The molecule has 2 heteroatoms. The van der Waals surface area contributed by atoms with Crippen LogP contribution in [-0.4, -0.2) is 18.2 Å². The van der Waals surface area contributed by atoms with Crippen LogP contribution in [0.1, 0.15) is 19.8 Å². The predicted octanol–water partition coefficient (Wildman–Crippen LogP) is 0.935. The van der Waals surface area contributed by atoms with Gasteiger partial charge in [-0.05, 0) is 19.8 Å². The van der Waals surface area contributed by atoms with Crippen LogP contribution in [0.3, 0.4) is 0 Å². The minimum Gasteiger partial charge on any atom is -0.371 e. The average Bonchev–Trinajstić information content (AvgIpc) is 2.53. The second-order valence-corrected chi connectivity index (χ2v) is 4.27. The van der Waals surface area contributed by atoms with Gasteiger partial charge in [-0.1, -0.05) is 0 Å². The highest BCUT2D eigenvalue weighted by Crippen LogP contribution is 2.53. The van der Waals surface area contributed by atoms with E-state index in [1.54, 1.807) is 0 Å². The van der Waals surface area contributed by atoms with E-state index in [1.807, 2.05) is 0 Å². The first-order valence-corrected chi connectivity index (χ1v) is 4.54. The molecule has 61 valence electrons. The molecule has 0 aliphatic carbocycles. The second-order valence-electron chi connectivity index (χ2n) is 4.27. The summed E-state index contributed by atoms with van der Waals surface area (Å²) in [7, 11) is 0. The quantitative estimate of drug-likeness (QED) is 0.557. The molecule has 0 aromatic rings. The average molecular weight is 152 g/mol. The summed E-state index contributed by atoms with van der Waals surface area (Å²) in [5, 5.41) is 3.35. The third-order valence-electron chi connectivity index (χ3n) is 3.64. The van der Waals surface area contributed by atoms with E-state index in [0.717, 1.165) is 12.5 Å². The smallest absolute Gasteiger partial charge is 0.0707 e. The van der Waals surface area contributed by atoms with Crippen LogP contribution >= 0.6 is 0 Å². The molecule has 3 aliphatic heterocycles. The lowest BCUT2D eigenvalue weighted by atomic mass is 9.75. The Morgan fingerprint density at radius 2 is 2.55 bits per heavy atom. The predicted molar refractivity (Wildman–Crippen MR) is 41.8 cm³/mol. The van der Waals surface area contributed by atoms with Crippen molar-refractivity contribution < 1.29 is 4.74 Å². The number of hydrogen-bond donors (Lipinski definition) is 1. The summed E-state index contributed by atoms with van der Waals surface area (Å²) in [6, 6.07) is 0. The Bertz CT molecular complexity index is 194. The molecule has 1 radical (unpaired) electrons. The van der Waals surface area contributed by atoms with Gasteiger partial charge in [-0.3, -0.25) is 0 Å². The second kappa shape index (κ2) is 1.80. The molecule has 2 bridgehead atoms. The van der Waals surface area contributed by atoms with Crippen LogP contribution in [0.5, 0.6) is 0 Å². The molecule has 1 N–H and O–H groups in total. The van der Waals surface area contributed by atoms with E-state index in [0.29, 0.717) is 12.0 Å². The van der Waals surface area contributed by atoms with Crippen LogP contribution in [0.4, 0.5) is 0 Å². The lowest BCUT2D eigenvalue weighted by Crippen LogP contribution is -2.32. The zero-order valence-electron chi connectivity index (χ0n) is 6.84. The third-order valence-corrected chi connectivity index (χ3v) is 3.64. The summed E-state index contributed by atoms with van der Waals surface area (Å²) in [6.07, 6.45) is 3.11. The highest BCUT2D eigenvalue weighted by molar-refractivity contribution is 5.12. The van der Waals surface area contributed by atoms with Gasteiger partial charge in [-0.15, -0.1) is 0 Å². The summed E-state index contributed by atoms with van der Waals surface area (Å²) >= 11 is 0. The normalized spacial score (nSPS) is 60.3. The van der Waals surface area contributed by atoms with E-state index >= 15 is 0 Å². The lowest BCUT2D eigenvalue weighted by Gasteiger charge is -2.27. The SMILES string of the molecule is CC12CCC(O1)C1CN[CH]C12. The molecule has 4 unspecified atom stereocenters. The molecule has 0 amide bonds. The number of fused-ring (bicyclic) bond motifs is 5. The molecular formula is C9H14NO. The molecule has 3 saturated heterocycles. The number of ether oxygens (including phenoxy) is 1. The molecule has 3 heterocycles. The van der Waals surface area contributed by atoms with Gasteiger partial charge in [-0.2, -0.15) is 0 Å². The largest absolute Gasteiger partial charge is 0.371 e. The Kier molecular flexibility index (Phi) is 1.06. The van der Waals surface area contributed by atoms with Crippen molar-refractivity contribution in [3.63, 3.8) is 0 Å². The summed E-state index contributed by atoms with van der Waals surface area (Å²) in [5.41, 5.74) is 0.193. The highest BCUT2D eigenvalue weighted by atomic mass is 16.5. The summed E-state index contributed by atoms with van der Waals surface area (Å²) < 4.78 is 5.96. The van der Waals surface area contributed by atoms with Gasteiger partial charge in [0.1, 0.15) is 0 Å². The van der Waals surface area contributed by atoms with Crippen molar-refractivity contribution in [3.05, 3.63) is 6.54 Å². The van der Waals surface area contributed by atoms with Gasteiger partial charge in [0, 0.05) is 24.9 Å². The van der Waals surface area contributed by atoms with E-state index < -0.39 is 0 Å². The number of rotatable bonds is 0. The third kappa shape index (κ3) is 0.651. The monoisotopic (exact) mass is 152 g/mol. The number of hydrogen-bond acceptors (Lipinski definition) is 2. The molecule has 4 atom stereocenters. The summed E-state index contributed by atoms with van der Waals surface area (Å²) in [5.74, 6) is 1.48. The van der Waals surface area contributed by atoms with Crippen molar-refractivity contribution in [2.75, 3.05) is 6.54 Å². The Hall–Kier alpha value is -0.0800. The zero-order chi connectivity index (χ0) is 7.47. The van der Waals surface area contributed by atoms with Crippen molar-refractivity contribution in [2.45, 2.75) is 31.5 Å². The molecule has 0 spiro atoms. The Morgan fingerprint density at radius 1 is 1.64 bits per heavy atom. The fourth-order valence-electron chi connectivity index (χ4n) is 3.01. The van der Waals surface area contributed by atoms with Gasteiger partial charge in [-0.25, -0.2) is 0 Å². The zero-order valence-corrected chi connectivity index (χ0v) is 6.84. The highest BCUT2D eigenvalue weighted by Gasteiger charge is 2.57. The lowest BCUT2D eigenvalue weighted by molar-refractivity contribution is 0.00941. The maximum Gasteiger partial charge on any atom is 0.0707 e. The van der Waals surface area contributed by atoms with Crippen molar-refractivity contribution >= 4 is 0 Å². The summed E-state index contributed by atoms with van der Waals surface area (Å²) in [6.45, 7) is 5.66. The van der Waals surface area contributed by atoms with E-state index in [2.05, 4.69) is 18.8 Å². The topological polar surface area (TPSA) is 21.3 Å². The first-order valence-electron chi connectivity index (χ1n) is 4.54. The van der Waals surface area contributed by atoms with Crippen LogP contribution in [0.15, 0.2) is 0 Å². The Balaban J connectivity index is 1.98. The molecule has 3 rings (SSSR count). The fraction of sp³-hybridized carbons (Fsp3) is 0.889. The maximum atomic E-state index is 5.96. The van der Waals surface area contributed by atoms with Gasteiger partial charge in [0.05, 0.1) is 11.7 Å². The summed E-state index contributed by atoms with van der Waals surface area (Å²) in [4.78, 5) is 0. The van der Waals surface area contributed by atoms with Gasteiger partial charge in [0.15, 0.2) is 0 Å². The minimum atomic E-state index is 0.193. The van der Waals surface area contributed by atoms with Crippen molar-refractivity contribution in [1.29, 1.82) is 0 Å². The van der Waals surface area contributed by atoms with Crippen LogP contribution < -0.4 is 5.32 Å². The molecule has 3 aliphatic rings. The van der Waals surface area contributed by atoms with Crippen molar-refractivity contribution in [1.82, 2.24) is 5.32 Å².